The number of piperidine rings is 1. The van der Waals surface area contributed by atoms with Gasteiger partial charge in [-0.05, 0) is 37.3 Å². The van der Waals surface area contributed by atoms with Gasteiger partial charge in [0.05, 0.1) is 19.8 Å². The molecule has 0 N–H and O–H groups in total. The summed E-state index contributed by atoms with van der Waals surface area (Å²) in [4.78, 5) is 39.8. The number of amides is 1. The second-order valence-corrected chi connectivity index (χ2v) is 7.89. The second kappa shape index (κ2) is 8.28. The monoisotopic (exact) mass is 397 g/mol. The third kappa shape index (κ3) is 4.00. The molecule has 154 valence electrons. The fourth-order valence-electron chi connectivity index (χ4n) is 4.60. The van der Waals surface area contributed by atoms with Crippen LogP contribution in [-0.4, -0.2) is 49.7 Å². The predicted molar refractivity (Wildman–Crippen MR) is 108 cm³/mol. The van der Waals surface area contributed by atoms with E-state index in [1.54, 1.807) is 30.9 Å². The number of nitrogens with zero attached hydrogens (tertiary/aromatic N) is 1. The van der Waals surface area contributed by atoms with Gasteiger partial charge in [-0.2, -0.15) is 0 Å². The van der Waals surface area contributed by atoms with Gasteiger partial charge in [-0.15, -0.1) is 5.92 Å². The summed E-state index contributed by atoms with van der Waals surface area (Å²) in [6.45, 7) is 4.48. The van der Waals surface area contributed by atoms with Crippen LogP contribution in [-0.2, 0) is 14.4 Å². The summed E-state index contributed by atoms with van der Waals surface area (Å²) in [5.41, 5.74) is 0.849. The molecule has 1 aliphatic carbocycles. The quantitative estimate of drug-likeness (QED) is 0.579. The van der Waals surface area contributed by atoms with Crippen molar-refractivity contribution >= 4 is 17.5 Å². The zero-order chi connectivity index (χ0) is 21.2. The van der Waals surface area contributed by atoms with Crippen molar-refractivity contribution in [2.75, 3.05) is 27.3 Å². The van der Waals surface area contributed by atoms with Crippen molar-refractivity contribution in [3.8, 4) is 23.3 Å². The van der Waals surface area contributed by atoms with Crippen LogP contribution in [0.3, 0.4) is 0 Å². The Labute approximate surface area is 171 Å². The molecule has 6 heteroatoms. The van der Waals surface area contributed by atoms with E-state index in [1.807, 2.05) is 0 Å². The van der Waals surface area contributed by atoms with Crippen LogP contribution in [0.15, 0.2) is 12.1 Å². The number of benzene rings is 1. The number of hydrogen-bond donors (Lipinski definition) is 0. The van der Waals surface area contributed by atoms with Gasteiger partial charge in [-0.1, -0.05) is 5.92 Å². The van der Waals surface area contributed by atoms with Gasteiger partial charge in [0.15, 0.2) is 0 Å². The molecule has 0 bridgehead atoms. The summed E-state index contributed by atoms with van der Waals surface area (Å²) in [6.07, 6.45) is 2.02. The molecule has 1 amide bonds. The van der Waals surface area contributed by atoms with Gasteiger partial charge in [0.1, 0.15) is 29.0 Å². The van der Waals surface area contributed by atoms with E-state index in [4.69, 9.17) is 9.47 Å². The highest BCUT2D eigenvalue weighted by molar-refractivity contribution is 6.11. The molecule has 3 rings (SSSR count). The molecule has 2 aliphatic rings. The van der Waals surface area contributed by atoms with Crippen molar-refractivity contribution in [2.24, 2.45) is 5.41 Å². The Hall–Kier alpha value is -2.81. The minimum absolute atomic E-state index is 0.0379. The van der Waals surface area contributed by atoms with Crippen molar-refractivity contribution in [3.63, 3.8) is 0 Å². The topological polar surface area (TPSA) is 72.9 Å². The van der Waals surface area contributed by atoms with E-state index in [-0.39, 0.29) is 22.9 Å². The molecule has 1 heterocycles. The molecule has 0 aromatic heterocycles. The van der Waals surface area contributed by atoms with Crippen LogP contribution in [0.2, 0.25) is 0 Å². The van der Waals surface area contributed by atoms with Gasteiger partial charge in [-0.3, -0.25) is 14.4 Å². The molecule has 1 aromatic rings. The van der Waals surface area contributed by atoms with Crippen LogP contribution in [0.5, 0.6) is 11.5 Å². The van der Waals surface area contributed by atoms with Crippen LogP contribution < -0.4 is 9.47 Å². The first-order chi connectivity index (χ1) is 13.8. The fourth-order valence-corrected chi connectivity index (χ4v) is 4.60. The van der Waals surface area contributed by atoms with Crippen LogP contribution in [0.1, 0.15) is 56.6 Å². The third-order valence-electron chi connectivity index (χ3n) is 6.11. The Balaban J connectivity index is 1.92. The number of Topliss-reactive ketones (excluding diaryl/α,β-unsaturated/α-hetero) is 2. The van der Waals surface area contributed by atoms with E-state index in [1.165, 1.54) is 14.2 Å². The lowest BCUT2D eigenvalue weighted by Gasteiger charge is -2.44. The first-order valence-corrected chi connectivity index (χ1v) is 9.84. The molecule has 1 saturated heterocycles. The Morgan fingerprint density at radius 2 is 1.59 bits per heavy atom. The molecule has 0 unspecified atom stereocenters. The molecule has 1 saturated carbocycles. The first-order valence-electron chi connectivity index (χ1n) is 9.84. The molecule has 0 radical (unpaired) electrons. The van der Waals surface area contributed by atoms with Crippen molar-refractivity contribution in [3.05, 3.63) is 23.3 Å². The number of hydrogen-bond acceptors (Lipinski definition) is 5. The zero-order valence-corrected chi connectivity index (χ0v) is 17.5. The molecule has 0 atom stereocenters. The lowest BCUT2D eigenvalue weighted by atomic mass is 9.63. The summed E-state index contributed by atoms with van der Waals surface area (Å²) in [7, 11) is 3.02. The number of likely N-dealkylation sites (tertiary alicyclic amines) is 1. The highest BCUT2D eigenvalue weighted by atomic mass is 16.5. The lowest BCUT2D eigenvalue weighted by molar-refractivity contribution is -0.139. The first kappa shape index (κ1) is 20.9. The lowest BCUT2D eigenvalue weighted by Crippen LogP contribution is -2.47. The SMILES string of the molecule is CC#Cc1cc(OC)c(C2C(=O)CC3(CCN(C(C)=O)CC3)CC2=O)c(OC)c1. The Bertz CT molecular complexity index is 855. The third-order valence-corrected chi connectivity index (χ3v) is 6.11. The largest absolute Gasteiger partial charge is 0.496 e. The Morgan fingerprint density at radius 1 is 1.07 bits per heavy atom. The van der Waals surface area contributed by atoms with E-state index in [9.17, 15) is 14.4 Å². The van der Waals surface area contributed by atoms with Gasteiger partial charge in [0, 0.05) is 38.4 Å². The summed E-state index contributed by atoms with van der Waals surface area (Å²) in [6, 6.07) is 3.48. The van der Waals surface area contributed by atoms with E-state index >= 15 is 0 Å². The minimum Gasteiger partial charge on any atom is -0.496 e. The zero-order valence-electron chi connectivity index (χ0n) is 17.5. The summed E-state index contributed by atoms with van der Waals surface area (Å²) < 4.78 is 11.0. The van der Waals surface area contributed by atoms with Crippen LogP contribution in [0, 0.1) is 17.3 Å². The molecule has 1 aliphatic heterocycles. The van der Waals surface area contributed by atoms with Crippen molar-refractivity contribution < 1.29 is 23.9 Å². The normalized spacial score (nSPS) is 19.0. The highest BCUT2D eigenvalue weighted by Gasteiger charge is 2.48. The Kier molecular flexibility index (Phi) is 5.97. The smallest absolute Gasteiger partial charge is 0.219 e. The van der Waals surface area contributed by atoms with E-state index in [2.05, 4.69) is 11.8 Å². The summed E-state index contributed by atoms with van der Waals surface area (Å²) >= 11 is 0. The number of ether oxygens (including phenoxy) is 2. The van der Waals surface area contributed by atoms with Crippen molar-refractivity contribution in [1.82, 2.24) is 4.90 Å². The Morgan fingerprint density at radius 3 is 2.00 bits per heavy atom. The molecule has 1 aromatic carbocycles. The molecule has 2 fully saturated rings. The maximum Gasteiger partial charge on any atom is 0.219 e. The summed E-state index contributed by atoms with van der Waals surface area (Å²) in [5, 5.41) is 0. The van der Waals surface area contributed by atoms with Gasteiger partial charge in [-0.25, -0.2) is 0 Å². The van der Waals surface area contributed by atoms with E-state index in [0.717, 1.165) is 0 Å². The predicted octanol–water partition coefficient (Wildman–Crippen LogP) is 2.72. The average Bonchev–Trinajstić information content (AvgIpc) is 2.68. The van der Waals surface area contributed by atoms with Crippen LogP contribution >= 0.6 is 0 Å². The molecule has 6 nitrogen and oxygen atoms in total. The number of carbonyl (C=O) groups excluding carboxylic acids is 3. The van der Waals surface area contributed by atoms with Crippen LogP contribution in [0.25, 0.3) is 0 Å². The van der Waals surface area contributed by atoms with Gasteiger partial charge >= 0.3 is 0 Å². The van der Waals surface area contributed by atoms with Crippen molar-refractivity contribution in [2.45, 2.75) is 45.4 Å². The van der Waals surface area contributed by atoms with Gasteiger partial charge < -0.3 is 14.4 Å². The molecular formula is C23H27NO5. The van der Waals surface area contributed by atoms with Crippen LogP contribution in [0.4, 0.5) is 0 Å². The van der Waals surface area contributed by atoms with Gasteiger partial charge in [0.25, 0.3) is 0 Å². The standard InChI is InChI=1S/C23H27NO5/c1-5-6-16-11-19(28-3)22(20(12-16)29-4)21-17(26)13-23(14-18(21)27)7-9-24(10-8-23)15(2)25/h11-12,21H,7-10,13-14H2,1-4H3. The fraction of sp³-hybridized carbons (Fsp3) is 0.522. The van der Waals surface area contributed by atoms with Crippen molar-refractivity contribution in [1.29, 1.82) is 0 Å². The highest BCUT2D eigenvalue weighted by Crippen LogP contribution is 2.48. The number of rotatable bonds is 3. The molecule has 1 spiro atoms. The van der Waals surface area contributed by atoms with E-state index < -0.39 is 5.92 Å². The number of ketones is 2. The maximum atomic E-state index is 13.2. The maximum absolute atomic E-state index is 13.2. The average molecular weight is 397 g/mol. The van der Waals surface area contributed by atoms with Gasteiger partial charge in [0.2, 0.25) is 5.91 Å². The number of methoxy groups -OCH3 is 2. The molecular weight excluding hydrogens is 370 g/mol. The second-order valence-electron chi connectivity index (χ2n) is 7.89. The summed E-state index contributed by atoms with van der Waals surface area (Å²) in [5.74, 6) is 5.60. The molecule has 29 heavy (non-hydrogen) atoms. The number of carbonyl (C=O) groups is 3. The van der Waals surface area contributed by atoms with E-state index in [0.29, 0.717) is 61.4 Å². The minimum atomic E-state index is -0.889.